The summed E-state index contributed by atoms with van der Waals surface area (Å²) in [7, 11) is 0. The third kappa shape index (κ3) is 3.70. The number of piperazine rings is 1. The van der Waals surface area contributed by atoms with E-state index in [-0.39, 0.29) is 0 Å². The van der Waals surface area contributed by atoms with E-state index >= 15 is 0 Å². The lowest BCUT2D eigenvalue weighted by Gasteiger charge is -2.36. The number of carbonyl (C=O) groups is 1. The van der Waals surface area contributed by atoms with Gasteiger partial charge in [-0.1, -0.05) is 42.5 Å². The number of aromatic nitrogens is 3. The minimum atomic E-state index is -0.437. The van der Waals surface area contributed by atoms with Crippen LogP contribution in [0.3, 0.4) is 0 Å². The van der Waals surface area contributed by atoms with E-state index in [1.165, 1.54) is 5.69 Å². The van der Waals surface area contributed by atoms with E-state index < -0.39 is 5.91 Å². The highest BCUT2D eigenvalue weighted by molar-refractivity contribution is 6.11. The third-order valence-corrected chi connectivity index (χ3v) is 6.87. The predicted molar refractivity (Wildman–Crippen MR) is 140 cm³/mol. The summed E-state index contributed by atoms with van der Waals surface area (Å²) in [6, 6.07) is 20.6. The average molecular weight is 463 g/mol. The highest BCUT2D eigenvalue weighted by Gasteiger charge is 2.18. The molecule has 7 nitrogen and oxygen atoms in total. The van der Waals surface area contributed by atoms with E-state index in [2.05, 4.69) is 46.5 Å². The lowest BCUT2D eigenvalue weighted by molar-refractivity contribution is 0.100. The summed E-state index contributed by atoms with van der Waals surface area (Å²) < 4.78 is 1.81. The van der Waals surface area contributed by atoms with E-state index in [0.717, 1.165) is 58.3 Å². The Labute approximate surface area is 203 Å². The molecule has 6 rings (SSSR count). The van der Waals surface area contributed by atoms with Crippen molar-refractivity contribution < 1.29 is 4.79 Å². The first-order chi connectivity index (χ1) is 17.1. The number of hydrogen-bond acceptors (Lipinski definition) is 5. The zero-order chi connectivity index (χ0) is 23.9. The Morgan fingerprint density at radius 3 is 2.54 bits per heavy atom. The Morgan fingerprint density at radius 2 is 1.77 bits per heavy atom. The van der Waals surface area contributed by atoms with Crippen molar-refractivity contribution in [3.8, 4) is 22.3 Å². The minimum Gasteiger partial charge on any atom is -0.366 e. The molecule has 0 aliphatic carbocycles. The fourth-order valence-electron chi connectivity index (χ4n) is 5.03. The van der Waals surface area contributed by atoms with E-state index in [4.69, 9.17) is 10.7 Å². The highest BCUT2D eigenvalue weighted by Crippen LogP contribution is 2.33. The fourth-order valence-corrected chi connectivity index (χ4v) is 5.03. The van der Waals surface area contributed by atoms with E-state index in [9.17, 15) is 4.79 Å². The van der Waals surface area contributed by atoms with Gasteiger partial charge in [-0.05, 0) is 47.0 Å². The van der Waals surface area contributed by atoms with E-state index in [0.29, 0.717) is 11.6 Å². The standard InChI is InChI=1S/C28H26N6O/c1-18-14-30-12-13-33(18)21-8-6-19(7-9-21)20-15-31-28-26(16-32-34(28)17-20)24-10-11-25(27(29)35)23-5-3-2-4-22(23)24/h2-11,15-18,30H,12-14H2,1H3,(H2,29,35)/t18-/m0/s1. The summed E-state index contributed by atoms with van der Waals surface area (Å²) in [5.41, 5.74) is 12.1. The zero-order valence-corrected chi connectivity index (χ0v) is 19.5. The Kier molecular flexibility index (Phi) is 5.19. The van der Waals surface area contributed by atoms with Crippen molar-refractivity contribution in [2.75, 3.05) is 24.5 Å². The molecule has 0 bridgehead atoms. The van der Waals surface area contributed by atoms with Gasteiger partial charge in [0.05, 0.1) is 6.20 Å². The average Bonchev–Trinajstić information content (AvgIpc) is 3.31. The van der Waals surface area contributed by atoms with Crippen molar-refractivity contribution in [2.24, 2.45) is 5.73 Å². The number of nitrogens with zero attached hydrogens (tertiary/aromatic N) is 4. The molecule has 7 heteroatoms. The zero-order valence-electron chi connectivity index (χ0n) is 19.5. The minimum absolute atomic E-state index is 0.437. The van der Waals surface area contributed by atoms with Crippen LogP contribution in [0.1, 0.15) is 17.3 Å². The molecule has 1 atom stereocenters. The molecule has 3 aromatic carbocycles. The molecule has 1 amide bonds. The van der Waals surface area contributed by atoms with E-state index in [1.807, 2.05) is 53.4 Å². The molecule has 0 spiro atoms. The first kappa shape index (κ1) is 21.3. The maximum Gasteiger partial charge on any atom is 0.249 e. The number of nitrogens with one attached hydrogen (secondary N) is 1. The topological polar surface area (TPSA) is 88.5 Å². The number of benzene rings is 3. The quantitative estimate of drug-likeness (QED) is 0.420. The first-order valence-corrected chi connectivity index (χ1v) is 11.8. The van der Waals surface area contributed by atoms with Crippen molar-refractivity contribution in [2.45, 2.75) is 13.0 Å². The summed E-state index contributed by atoms with van der Waals surface area (Å²) in [4.78, 5) is 19.1. The molecule has 1 saturated heterocycles. The number of amides is 1. The van der Waals surface area contributed by atoms with Crippen LogP contribution in [0.2, 0.25) is 0 Å². The summed E-state index contributed by atoms with van der Waals surface area (Å²) >= 11 is 0. The van der Waals surface area contributed by atoms with Gasteiger partial charge in [0, 0.05) is 60.4 Å². The number of anilines is 1. The number of hydrogen-bond donors (Lipinski definition) is 2. The first-order valence-electron chi connectivity index (χ1n) is 11.8. The van der Waals surface area contributed by atoms with Crippen LogP contribution in [0.4, 0.5) is 5.69 Å². The smallest absolute Gasteiger partial charge is 0.249 e. The molecule has 35 heavy (non-hydrogen) atoms. The van der Waals surface area contributed by atoms with Crippen molar-refractivity contribution >= 4 is 28.0 Å². The molecule has 0 saturated carbocycles. The van der Waals surface area contributed by atoms with Crippen LogP contribution in [0.15, 0.2) is 79.3 Å². The Balaban J connectivity index is 1.36. The van der Waals surface area contributed by atoms with Gasteiger partial charge < -0.3 is 16.0 Å². The summed E-state index contributed by atoms with van der Waals surface area (Å²) in [5.74, 6) is -0.437. The van der Waals surface area contributed by atoms with Crippen LogP contribution >= 0.6 is 0 Å². The Hall–Kier alpha value is -4.23. The van der Waals surface area contributed by atoms with Gasteiger partial charge in [-0.2, -0.15) is 5.10 Å². The Morgan fingerprint density at radius 1 is 0.971 bits per heavy atom. The van der Waals surface area contributed by atoms with Gasteiger partial charge in [-0.25, -0.2) is 9.50 Å². The fraction of sp³-hybridized carbons (Fsp3) is 0.179. The van der Waals surface area contributed by atoms with Crippen LogP contribution in [0.25, 0.3) is 38.7 Å². The van der Waals surface area contributed by atoms with Gasteiger partial charge >= 0.3 is 0 Å². The maximum atomic E-state index is 11.9. The largest absolute Gasteiger partial charge is 0.366 e. The molecule has 3 N–H and O–H groups in total. The van der Waals surface area contributed by atoms with Crippen LogP contribution in [-0.2, 0) is 0 Å². The van der Waals surface area contributed by atoms with Gasteiger partial charge in [-0.15, -0.1) is 0 Å². The van der Waals surface area contributed by atoms with Crippen molar-refractivity contribution in [1.29, 1.82) is 0 Å². The van der Waals surface area contributed by atoms with Gasteiger partial charge in [0.2, 0.25) is 5.91 Å². The number of rotatable bonds is 4. The molecule has 1 aliphatic rings. The van der Waals surface area contributed by atoms with Crippen molar-refractivity contribution in [3.63, 3.8) is 0 Å². The third-order valence-electron chi connectivity index (χ3n) is 6.87. The highest BCUT2D eigenvalue weighted by atomic mass is 16.1. The number of carbonyl (C=O) groups excluding carboxylic acids is 1. The number of fused-ring (bicyclic) bond motifs is 2. The van der Waals surface area contributed by atoms with Crippen molar-refractivity contribution in [3.05, 3.63) is 84.8 Å². The van der Waals surface area contributed by atoms with Gasteiger partial charge in [0.15, 0.2) is 5.65 Å². The normalized spacial score (nSPS) is 16.1. The van der Waals surface area contributed by atoms with Crippen LogP contribution in [0, 0.1) is 0 Å². The second kappa shape index (κ2) is 8.52. The lowest BCUT2D eigenvalue weighted by Crippen LogP contribution is -2.49. The second-order valence-corrected chi connectivity index (χ2v) is 9.03. The van der Waals surface area contributed by atoms with Gasteiger partial charge in [0.25, 0.3) is 0 Å². The summed E-state index contributed by atoms with van der Waals surface area (Å²) in [6.07, 6.45) is 5.73. The molecule has 174 valence electrons. The molecule has 5 aromatic rings. The molecule has 3 heterocycles. The SMILES string of the molecule is C[C@H]1CNCCN1c1ccc(-c2cnc3c(-c4ccc(C(N)=O)c5ccccc45)cnn3c2)cc1. The molecular weight excluding hydrogens is 436 g/mol. The van der Waals surface area contributed by atoms with Crippen LogP contribution in [-0.4, -0.2) is 46.2 Å². The number of primary amides is 1. The van der Waals surface area contributed by atoms with Gasteiger partial charge in [0.1, 0.15) is 0 Å². The van der Waals surface area contributed by atoms with E-state index in [1.54, 1.807) is 6.07 Å². The summed E-state index contributed by atoms with van der Waals surface area (Å²) in [5, 5.41) is 9.81. The molecule has 1 aliphatic heterocycles. The van der Waals surface area contributed by atoms with Crippen LogP contribution in [0.5, 0.6) is 0 Å². The maximum absolute atomic E-state index is 11.9. The monoisotopic (exact) mass is 462 g/mol. The Bertz CT molecular complexity index is 1560. The molecule has 2 aromatic heterocycles. The van der Waals surface area contributed by atoms with Gasteiger partial charge in [-0.3, -0.25) is 4.79 Å². The number of nitrogens with two attached hydrogens (primary N) is 1. The molecule has 0 radical (unpaired) electrons. The summed E-state index contributed by atoms with van der Waals surface area (Å²) in [6.45, 7) is 5.27. The van der Waals surface area contributed by atoms with Crippen LogP contribution < -0.4 is 16.0 Å². The lowest BCUT2D eigenvalue weighted by atomic mass is 9.96. The molecule has 0 unspecified atom stereocenters. The second-order valence-electron chi connectivity index (χ2n) is 9.03. The molecular formula is C28H26N6O. The van der Waals surface area contributed by atoms with Crippen molar-refractivity contribution in [1.82, 2.24) is 19.9 Å². The predicted octanol–water partition coefficient (Wildman–Crippen LogP) is 4.11. The molecule has 1 fully saturated rings.